The van der Waals surface area contributed by atoms with Crippen LogP contribution in [0.4, 0.5) is 0 Å². The third kappa shape index (κ3) is 3.20. The van der Waals surface area contributed by atoms with E-state index in [1.807, 2.05) is 6.92 Å². The number of aromatic amines is 1. The van der Waals surface area contributed by atoms with Crippen LogP contribution in [0.15, 0.2) is 6.58 Å². The Balaban J connectivity index is 2.08. The third-order valence-electron chi connectivity index (χ3n) is 5.13. The van der Waals surface area contributed by atoms with E-state index in [1.165, 1.54) is 0 Å². The molecule has 0 fully saturated rings. The fraction of sp³-hybridized carbons (Fsp3) is 0.500. The lowest BCUT2D eigenvalue weighted by Crippen LogP contribution is -2.15. The van der Waals surface area contributed by atoms with Gasteiger partial charge in [-0.1, -0.05) is 55.0 Å². The number of rotatable bonds is 4. The van der Waals surface area contributed by atoms with Gasteiger partial charge in [0.1, 0.15) is 0 Å². The summed E-state index contributed by atoms with van der Waals surface area (Å²) < 4.78 is 3.40. The monoisotopic (exact) mass is 406 g/mol. The lowest BCUT2D eigenvalue weighted by atomic mass is 9.89. The predicted octanol–water partition coefficient (Wildman–Crippen LogP) is 3.62. The average molecular weight is 407 g/mol. The van der Waals surface area contributed by atoms with Crippen molar-refractivity contribution >= 4 is 22.9 Å². The molecule has 0 aliphatic carbocycles. The van der Waals surface area contributed by atoms with Crippen molar-refractivity contribution in [3.63, 3.8) is 0 Å². The third-order valence-corrected chi connectivity index (χ3v) is 5.13. The van der Waals surface area contributed by atoms with Gasteiger partial charge in [-0.05, 0) is 18.6 Å². The molecular formula is C22H30N8. The van der Waals surface area contributed by atoms with Gasteiger partial charge >= 0.3 is 0 Å². The maximum atomic E-state index is 4.82. The van der Waals surface area contributed by atoms with Crippen LogP contribution >= 0.6 is 0 Å². The molecule has 4 rings (SSSR count). The van der Waals surface area contributed by atoms with Crippen LogP contribution < -0.4 is 5.22 Å². The van der Waals surface area contributed by atoms with Crippen LogP contribution in [-0.4, -0.2) is 39.6 Å². The number of nitrogens with one attached hydrogen (secondary N) is 1. The molecule has 1 N–H and O–H groups in total. The van der Waals surface area contributed by atoms with Crippen LogP contribution in [0.1, 0.15) is 95.8 Å². The number of fused-ring (bicyclic) bond motifs is 2. The minimum Gasteiger partial charge on any atom is -0.279 e. The molecule has 0 amide bonds. The van der Waals surface area contributed by atoms with Crippen LogP contribution in [0.5, 0.6) is 0 Å². The van der Waals surface area contributed by atoms with E-state index >= 15 is 0 Å². The lowest BCUT2D eigenvalue weighted by Gasteiger charge is -2.17. The zero-order valence-corrected chi connectivity index (χ0v) is 19.1. The first-order chi connectivity index (χ1) is 14.0. The summed E-state index contributed by atoms with van der Waals surface area (Å²) in [7, 11) is 0. The SMILES string of the molecule is C=C(C)c1nn2nc(C(C)C)nc2c1=Cc1c(C(C)(C)C)[nH]n2nc(C(C)C)nc12. The Hall–Kier alpha value is -3.03. The predicted molar refractivity (Wildman–Crippen MR) is 118 cm³/mol. The minimum atomic E-state index is -0.122. The number of aromatic nitrogens is 8. The second-order valence-corrected chi connectivity index (χ2v) is 9.64. The molecule has 0 saturated heterocycles. The van der Waals surface area contributed by atoms with Gasteiger partial charge in [0.05, 0.1) is 11.4 Å². The van der Waals surface area contributed by atoms with Gasteiger partial charge in [0.25, 0.3) is 0 Å². The zero-order chi connectivity index (χ0) is 22.0. The molecule has 0 aliphatic heterocycles. The zero-order valence-electron chi connectivity index (χ0n) is 19.1. The molecule has 30 heavy (non-hydrogen) atoms. The maximum absolute atomic E-state index is 4.82. The Kier molecular flexibility index (Phi) is 4.56. The Labute approximate surface area is 176 Å². The average Bonchev–Trinajstić information content (AvgIpc) is 3.34. The Morgan fingerprint density at radius 3 is 2.13 bits per heavy atom. The van der Waals surface area contributed by atoms with Crippen molar-refractivity contribution in [2.75, 3.05) is 0 Å². The largest absolute Gasteiger partial charge is 0.279 e. The van der Waals surface area contributed by atoms with Gasteiger partial charge in [0.2, 0.25) is 0 Å². The number of nitrogens with zero attached hydrogens (tertiary/aromatic N) is 7. The molecule has 0 atom stereocenters. The summed E-state index contributed by atoms with van der Waals surface area (Å²) in [6, 6.07) is 0. The van der Waals surface area contributed by atoms with Crippen molar-refractivity contribution in [1.82, 2.24) is 39.6 Å². The summed E-state index contributed by atoms with van der Waals surface area (Å²) in [6.45, 7) is 20.9. The van der Waals surface area contributed by atoms with Gasteiger partial charge < -0.3 is 0 Å². The molecule has 0 spiro atoms. The van der Waals surface area contributed by atoms with Gasteiger partial charge in [0.15, 0.2) is 22.9 Å². The molecule has 0 radical (unpaired) electrons. The fourth-order valence-corrected chi connectivity index (χ4v) is 3.46. The van der Waals surface area contributed by atoms with Crippen molar-refractivity contribution in [3.05, 3.63) is 40.4 Å². The first-order valence-electron chi connectivity index (χ1n) is 10.4. The summed E-state index contributed by atoms with van der Waals surface area (Å²) >= 11 is 0. The highest BCUT2D eigenvalue weighted by atomic mass is 15.5. The molecule has 4 aromatic rings. The quantitative estimate of drug-likeness (QED) is 0.559. The van der Waals surface area contributed by atoms with E-state index in [-0.39, 0.29) is 17.3 Å². The van der Waals surface area contributed by atoms with Gasteiger partial charge in [-0.15, -0.1) is 19.9 Å². The standard InChI is InChI=1S/C22H30N8/c1-11(2)16-14(20-23-18(12(3)4)27-29(20)25-16)10-15-17(22(7,8)9)26-30-21(15)24-19(28-30)13(5)6/h10,12-13,26H,1H2,2-9H3. The first kappa shape index (κ1) is 20.3. The van der Waals surface area contributed by atoms with Gasteiger partial charge in [-0.3, -0.25) is 5.10 Å². The Morgan fingerprint density at radius 1 is 0.967 bits per heavy atom. The van der Waals surface area contributed by atoms with Gasteiger partial charge in [-0.25, -0.2) is 9.97 Å². The summed E-state index contributed by atoms with van der Waals surface area (Å²) in [5, 5.41) is 18.2. The summed E-state index contributed by atoms with van der Waals surface area (Å²) in [5.74, 6) is 2.06. The molecule has 0 bridgehead atoms. The van der Waals surface area contributed by atoms with E-state index in [0.29, 0.717) is 0 Å². The van der Waals surface area contributed by atoms with Gasteiger partial charge in [0, 0.05) is 28.0 Å². The highest BCUT2D eigenvalue weighted by Gasteiger charge is 2.25. The van der Waals surface area contributed by atoms with E-state index in [9.17, 15) is 0 Å². The molecule has 0 saturated carbocycles. The van der Waals surface area contributed by atoms with Crippen LogP contribution in [0, 0.1) is 0 Å². The van der Waals surface area contributed by atoms with Crippen LogP contribution in [-0.2, 0) is 5.41 Å². The lowest BCUT2D eigenvalue weighted by molar-refractivity contribution is 0.554. The second-order valence-electron chi connectivity index (χ2n) is 9.64. The molecule has 4 heterocycles. The smallest absolute Gasteiger partial charge is 0.185 e. The van der Waals surface area contributed by atoms with Crippen LogP contribution in [0.25, 0.3) is 22.9 Å². The molecule has 0 unspecified atom stereocenters. The minimum absolute atomic E-state index is 0.122. The topological polar surface area (TPSA) is 89.1 Å². The van der Waals surface area contributed by atoms with Crippen molar-refractivity contribution in [1.29, 1.82) is 0 Å². The number of hydrogen-bond acceptors (Lipinski definition) is 5. The highest BCUT2D eigenvalue weighted by Crippen LogP contribution is 2.28. The first-order valence-corrected chi connectivity index (χ1v) is 10.4. The summed E-state index contributed by atoms with van der Waals surface area (Å²) in [6.07, 6.45) is 2.11. The Morgan fingerprint density at radius 2 is 1.57 bits per heavy atom. The van der Waals surface area contributed by atoms with E-state index < -0.39 is 0 Å². The van der Waals surface area contributed by atoms with E-state index in [4.69, 9.17) is 9.97 Å². The van der Waals surface area contributed by atoms with Gasteiger partial charge in [-0.2, -0.15) is 4.63 Å². The summed E-state index contributed by atoms with van der Waals surface area (Å²) in [5.41, 5.74) is 5.13. The second kappa shape index (κ2) is 6.75. The van der Waals surface area contributed by atoms with Crippen LogP contribution in [0.2, 0.25) is 0 Å². The van der Waals surface area contributed by atoms with E-state index in [0.717, 1.165) is 50.7 Å². The van der Waals surface area contributed by atoms with E-state index in [1.54, 1.807) is 9.26 Å². The molecule has 0 aromatic carbocycles. The van der Waals surface area contributed by atoms with Crippen molar-refractivity contribution in [2.45, 2.75) is 72.6 Å². The maximum Gasteiger partial charge on any atom is 0.185 e. The summed E-state index contributed by atoms with van der Waals surface area (Å²) in [4.78, 5) is 9.58. The molecule has 8 heteroatoms. The number of hydrogen-bond donors (Lipinski definition) is 1. The molecular weight excluding hydrogens is 376 g/mol. The van der Waals surface area contributed by atoms with Crippen molar-refractivity contribution in [3.8, 4) is 0 Å². The Bertz CT molecular complexity index is 1310. The van der Waals surface area contributed by atoms with Crippen LogP contribution in [0.3, 0.4) is 0 Å². The normalized spacial score (nSPS) is 13.6. The fourth-order valence-electron chi connectivity index (χ4n) is 3.46. The molecule has 4 aromatic heterocycles. The number of allylic oxidation sites excluding steroid dienone is 1. The van der Waals surface area contributed by atoms with Crippen molar-refractivity contribution in [2.24, 2.45) is 0 Å². The van der Waals surface area contributed by atoms with Crippen molar-refractivity contribution < 1.29 is 0 Å². The number of H-pyrrole nitrogens is 1. The highest BCUT2D eigenvalue weighted by molar-refractivity contribution is 5.74. The molecule has 0 aliphatic rings. The molecule has 8 nitrogen and oxygen atoms in total. The molecule has 158 valence electrons. The van der Waals surface area contributed by atoms with E-state index in [2.05, 4.69) is 81.5 Å².